The Balaban J connectivity index is 1.50. The normalized spacial score (nSPS) is 11.3. The van der Waals surface area contributed by atoms with Crippen molar-refractivity contribution in [3.8, 4) is 10.6 Å². The molecular formula is C22H22N4O2S2. The molecule has 3 aromatic heterocycles. The molecule has 0 saturated heterocycles. The Kier molecular flexibility index (Phi) is 5.78. The second kappa shape index (κ2) is 8.49. The smallest absolute Gasteiger partial charge is 0.274 e. The quantitative estimate of drug-likeness (QED) is 0.483. The third-order valence-electron chi connectivity index (χ3n) is 4.72. The van der Waals surface area contributed by atoms with Gasteiger partial charge in [0.2, 0.25) is 0 Å². The van der Waals surface area contributed by atoms with Crippen LogP contribution in [0.4, 0.5) is 0 Å². The van der Waals surface area contributed by atoms with Gasteiger partial charge in [-0.2, -0.15) is 5.10 Å². The lowest BCUT2D eigenvalue weighted by Gasteiger charge is -2.13. The zero-order valence-corrected chi connectivity index (χ0v) is 18.6. The van der Waals surface area contributed by atoms with E-state index in [1.165, 1.54) is 9.56 Å². The summed E-state index contributed by atoms with van der Waals surface area (Å²) < 4.78 is 1.37. The topological polar surface area (TPSA) is 76.9 Å². The number of aryl methyl sites for hydroxylation is 1. The van der Waals surface area contributed by atoms with Gasteiger partial charge >= 0.3 is 0 Å². The number of thiazole rings is 1. The molecule has 0 fully saturated rings. The highest BCUT2D eigenvalue weighted by molar-refractivity contribution is 7.16. The molecular weight excluding hydrogens is 416 g/mol. The number of fused-ring (bicyclic) bond motifs is 1. The van der Waals surface area contributed by atoms with E-state index >= 15 is 0 Å². The van der Waals surface area contributed by atoms with E-state index in [4.69, 9.17) is 0 Å². The first-order valence-corrected chi connectivity index (χ1v) is 11.4. The van der Waals surface area contributed by atoms with Crippen molar-refractivity contribution in [2.24, 2.45) is 0 Å². The fourth-order valence-corrected chi connectivity index (χ4v) is 4.89. The molecule has 0 saturated carbocycles. The fraction of sp³-hybridized carbons (Fsp3) is 0.273. The Labute approximate surface area is 182 Å². The Morgan fingerprint density at radius 1 is 1.17 bits per heavy atom. The lowest BCUT2D eigenvalue weighted by molar-refractivity contribution is 0.0948. The highest BCUT2D eigenvalue weighted by atomic mass is 32.1. The molecule has 0 unspecified atom stereocenters. The second-order valence-electron chi connectivity index (χ2n) is 7.26. The van der Waals surface area contributed by atoms with E-state index in [2.05, 4.69) is 32.9 Å². The van der Waals surface area contributed by atoms with E-state index in [0.717, 1.165) is 22.0 Å². The van der Waals surface area contributed by atoms with Gasteiger partial charge in [-0.05, 0) is 45.4 Å². The van der Waals surface area contributed by atoms with Gasteiger partial charge in [0.05, 0.1) is 27.0 Å². The molecule has 0 spiro atoms. The van der Waals surface area contributed by atoms with E-state index in [0.29, 0.717) is 17.3 Å². The van der Waals surface area contributed by atoms with E-state index in [1.54, 1.807) is 40.9 Å². The van der Waals surface area contributed by atoms with Gasteiger partial charge in [-0.25, -0.2) is 9.67 Å². The molecule has 3 heterocycles. The number of amides is 1. The van der Waals surface area contributed by atoms with Gasteiger partial charge in [-0.15, -0.1) is 22.7 Å². The maximum Gasteiger partial charge on any atom is 0.274 e. The number of nitrogens with one attached hydrogen (secondary N) is 1. The second-order valence-corrected chi connectivity index (χ2v) is 9.49. The number of carbonyl (C=O) groups excluding carboxylic acids is 1. The zero-order valence-electron chi connectivity index (χ0n) is 17.0. The van der Waals surface area contributed by atoms with Crippen molar-refractivity contribution in [3.63, 3.8) is 0 Å². The molecule has 0 atom stereocenters. The third-order valence-corrected chi connectivity index (χ3v) is 6.66. The van der Waals surface area contributed by atoms with Gasteiger partial charge in [0.1, 0.15) is 0 Å². The van der Waals surface area contributed by atoms with Crippen LogP contribution in [0.1, 0.15) is 40.3 Å². The average molecular weight is 439 g/mol. The van der Waals surface area contributed by atoms with Crippen molar-refractivity contribution in [1.82, 2.24) is 20.1 Å². The van der Waals surface area contributed by atoms with Crippen LogP contribution in [0.15, 0.2) is 46.6 Å². The van der Waals surface area contributed by atoms with Gasteiger partial charge in [-0.3, -0.25) is 9.59 Å². The summed E-state index contributed by atoms with van der Waals surface area (Å²) in [5, 5.41) is 11.5. The average Bonchev–Trinajstić information content (AvgIpc) is 3.37. The first-order valence-electron chi connectivity index (χ1n) is 9.75. The van der Waals surface area contributed by atoms with Crippen LogP contribution in [-0.4, -0.2) is 27.2 Å². The lowest BCUT2D eigenvalue weighted by Crippen LogP contribution is -2.32. The van der Waals surface area contributed by atoms with Crippen molar-refractivity contribution in [2.75, 3.05) is 6.54 Å². The third kappa shape index (κ3) is 4.06. The number of thiophene rings is 1. The Morgan fingerprint density at radius 2 is 1.93 bits per heavy atom. The molecule has 4 rings (SSSR count). The monoisotopic (exact) mass is 438 g/mol. The molecule has 1 amide bonds. The molecule has 0 aliphatic heterocycles. The van der Waals surface area contributed by atoms with E-state index in [1.807, 2.05) is 26.8 Å². The number of rotatable bonds is 6. The lowest BCUT2D eigenvalue weighted by atomic mass is 10.1. The van der Waals surface area contributed by atoms with Crippen molar-refractivity contribution >= 4 is 39.4 Å². The summed E-state index contributed by atoms with van der Waals surface area (Å²) in [4.78, 5) is 32.3. The van der Waals surface area contributed by atoms with Crippen molar-refractivity contribution < 1.29 is 4.79 Å². The largest absolute Gasteiger partial charge is 0.350 e. The van der Waals surface area contributed by atoms with Gasteiger partial charge in [0.15, 0.2) is 5.69 Å². The van der Waals surface area contributed by atoms with Crippen LogP contribution >= 0.6 is 22.7 Å². The van der Waals surface area contributed by atoms with Gasteiger partial charge in [0, 0.05) is 22.2 Å². The molecule has 0 radical (unpaired) electrons. The minimum atomic E-state index is -0.271. The van der Waals surface area contributed by atoms with Crippen LogP contribution < -0.4 is 10.9 Å². The highest BCUT2D eigenvalue weighted by Gasteiger charge is 2.17. The maximum atomic E-state index is 12.9. The Morgan fingerprint density at radius 3 is 2.63 bits per heavy atom. The summed E-state index contributed by atoms with van der Waals surface area (Å²) >= 11 is 3.33. The van der Waals surface area contributed by atoms with E-state index in [9.17, 15) is 9.59 Å². The molecule has 0 aliphatic rings. The predicted molar refractivity (Wildman–Crippen MR) is 123 cm³/mol. The fourth-order valence-electron chi connectivity index (χ4n) is 3.23. The molecule has 0 aliphatic carbocycles. The Hall–Kier alpha value is -2.84. The minimum Gasteiger partial charge on any atom is -0.350 e. The van der Waals surface area contributed by atoms with Crippen molar-refractivity contribution in [1.29, 1.82) is 0 Å². The summed E-state index contributed by atoms with van der Waals surface area (Å²) in [5.74, 6) is -0.271. The molecule has 30 heavy (non-hydrogen) atoms. The first kappa shape index (κ1) is 20.4. The molecule has 6 nitrogen and oxygen atoms in total. The highest BCUT2D eigenvalue weighted by Crippen LogP contribution is 2.29. The van der Waals surface area contributed by atoms with Crippen LogP contribution in [0.5, 0.6) is 0 Å². The number of hydrogen-bond acceptors (Lipinski definition) is 6. The van der Waals surface area contributed by atoms with Crippen LogP contribution in [0.25, 0.3) is 21.3 Å². The predicted octanol–water partition coefficient (Wildman–Crippen LogP) is 4.44. The number of carbonyl (C=O) groups is 1. The first-order chi connectivity index (χ1) is 14.4. The zero-order chi connectivity index (χ0) is 21.3. The molecule has 8 heteroatoms. The van der Waals surface area contributed by atoms with E-state index < -0.39 is 0 Å². The summed E-state index contributed by atoms with van der Waals surface area (Å²) in [6.45, 7) is 6.25. The van der Waals surface area contributed by atoms with Gasteiger partial charge < -0.3 is 5.32 Å². The van der Waals surface area contributed by atoms with Gasteiger partial charge in [0.25, 0.3) is 11.5 Å². The van der Waals surface area contributed by atoms with Crippen LogP contribution in [0.2, 0.25) is 0 Å². The SMILES string of the molecule is Cc1nc(-c2ccc(CCNC(=O)c3nn(C(C)C)c(=O)c4ccccc34)s2)cs1. The summed E-state index contributed by atoms with van der Waals surface area (Å²) in [6, 6.07) is 11.1. The van der Waals surface area contributed by atoms with Crippen LogP contribution in [0.3, 0.4) is 0 Å². The number of benzene rings is 1. The standard InChI is InChI=1S/C22H22N4O2S2/c1-13(2)26-22(28)17-7-5-4-6-16(17)20(25-26)21(27)23-11-10-15-8-9-19(30-15)18-12-29-14(3)24-18/h4-9,12-13H,10-11H2,1-3H3,(H,23,27). The minimum absolute atomic E-state index is 0.132. The number of nitrogens with zero attached hydrogens (tertiary/aromatic N) is 3. The molecule has 154 valence electrons. The summed E-state index contributed by atoms with van der Waals surface area (Å²) in [6.07, 6.45) is 0.723. The van der Waals surface area contributed by atoms with Crippen LogP contribution in [0, 0.1) is 6.92 Å². The molecule has 0 bridgehead atoms. The molecule has 1 aromatic carbocycles. The summed E-state index contributed by atoms with van der Waals surface area (Å²) in [7, 11) is 0. The number of aromatic nitrogens is 3. The van der Waals surface area contributed by atoms with Crippen molar-refractivity contribution in [2.45, 2.75) is 33.2 Å². The maximum absolute atomic E-state index is 12.9. The number of hydrogen-bond donors (Lipinski definition) is 1. The van der Waals surface area contributed by atoms with Gasteiger partial charge in [-0.1, -0.05) is 18.2 Å². The molecule has 4 aromatic rings. The molecule has 1 N–H and O–H groups in total. The summed E-state index contributed by atoms with van der Waals surface area (Å²) in [5.41, 5.74) is 1.11. The van der Waals surface area contributed by atoms with E-state index in [-0.39, 0.29) is 23.2 Å². The van der Waals surface area contributed by atoms with Crippen molar-refractivity contribution in [3.05, 3.63) is 67.7 Å². The Bertz CT molecular complexity index is 1270. The van der Waals surface area contributed by atoms with Crippen LogP contribution in [-0.2, 0) is 6.42 Å².